The van der Waals surface area contributed by atoms with Crippen LogP contribution in [0.5, 0.6) is 0 Å². The number of benzene rings is 3. The number of halogens is 3. The number of amides is 2. The van der Waals surface area contributed by atoms with Gasteiger partial charge in [0.2, 0.25) is 11.8 Å². The van der Waals surface area contributed by atoms with E-state index in [0.717, 1.165) is 28.5 Å². The largest absolute Gasteiger partial charge is 0.333 e. The molecule has 3 rings (SSSR count). The van der Waals surface area contributed by atoms with Crippen LogP contribution in [0.1, 0.15) is 18.9 Å². The fourth-order valence-corrected chi connectivity index (χ4v) is 3.27. The summed E-state index contributed by atoms with van der Waals surface area (Å²) >= 11 is 0. The van der Waals surface area contributed by atoms with Crippen LogP contribution >= 0.6 is 0 Å². The van der Waals surface area contributed by atoms with Crippen molar-refractivity contribution in [3.8, 4) is 0 Å². The Morgan fingerprint density at radius 1 is 0.933 bits per heavy atom. The Hall–Kier alpha value is -3.35. The SMILES string of the molecule is CCCN(CC(=O)Nc1ccc(F)c(F)c1F)C(=O)Cc1cccc2ccccc12. The van der Waals surface area contributed by atoms with Gasteiger partial charge in [0.05, 0.1) is 18.7 Å². The molecule has 3 aromatic carbocycles. The van der Waals surface area contributed by atoms with Gasteiger partial charge in [-0.15, -0.1) is 0 Å². The van der Waals surface area contributed by atoms with Crippen molar-refractivity contribution < 1.29 is 22.8 Å². The van der Waals surface area contributed by atoms with E-state index in [1.165, 1.54) is 4.90 Å². The first-order valence-electron chi connectivity index (χ1n) is 9.58. The minimum atomic E-state index is -1.66. The zero-order valence-electron chi connectivity index (χ0n) is 16.4. The summed E-state index contributed by atoms with van der Waals surface area (Å²) in [5.74, 6) is -5.44. The summed E-state index contributed by atoms with van der Waals surface area (Å²) in [6.07, 6.45) is 0.724. The first-order valence-corrected chi connectivity index (χ1v) is 9.58. The lowest BCUT2D eigenvalue weighted by Gasteiger charge is -2.22. The lowest BCUT2D eigenvalue weighted by molar-refractivity contribution is -0.134. The molecule has 0 aromatic heterocycles. The standard InChI is InChI=1S/C23H21F3N2O2/c1-2-12-28(14-20(29)27-19-11-10-18(24)22(25)23(19)26)21(30)13-16-8-5-7-15-6-3-4-9-17(15)16/h3-11H,2,12-14H2,1H3,(H,27,29). The summed E-state index contributed by atoms with van der Waals surface area (Å²) in [6.45, 7) is 1.87. The molecule has 156 valence electrons. The molecule has 7 heteroatoms. The number of nitrogens with one attached hydrogen (secondary N) is 1. The third kappa shape index (κ3) is 4.79. The molecule has 0 aliphatic rings. The first-order chi connectivity index (χ1) is 14.4. The number of carbonyl (C=O) groups excluding carboxylic acids is 2. The summed E-state index contributed by atoms with van der Waals surface area (Å²) in [4.78, 5) is 26.6. The topological polar surface area (TPSA) is 49.4 Å². The van der Waals surface area contributed by atoms with Crippen molar-refractivity contribution in [1.29, 1.82) is 0 Å². The van der Waals surface area contributed by atoms with Crippen molar-refractivity contribution in [2.24, 2.45) is 0 Å². The highest BCUT2D eigenvalue weighted by Gasteiger charge is 2.20. The smallest absolute Gasteiger partial charge is 0.244 e. The summed E-state index contributed by atoms with van der Waals surface area (Å²) < 4.78 is 40.2. The van der Waals surface area contributed by atoms with Crippen LogP contribution in [0.3, 0.4) is 0 Å². The van der Waals surface area contributed by atoms with Crippen molar-refractivity contribution in [3.05, 3.63) is 77.6 Å². The average Bonchev–Trinajstić information content (AvgIpc) is 2.74. The van der Waals surface area contributed by atoms with Crippen molar-refractivity contribution in [2.45, 2.75) is 19.8 Å². The Bertz CT molecular complexity index is 1080. The molecule has 3 aromatic rings. The monoisotopic (exact) mass is 414 g/mol. The first kappa shape index (κ1) is 21.4. The van der Waals surface area contributed by atoms with Crippen molar-refractivity contribution in [2.75, 3.05) is 18.4 Å². The molecule has 0 bridgehead atoms. The van der Waals surface area contributed by atoms with Crippen LogP contribution in [0.15, 0.2) is 54.6 Å². The molecule has 1 N–H and O–H groups in total. The number of hydrogen-bond acceptors (Lipinski definition) is 2. The molecule has 0 saturated heterocycles. The van der Waals surface area contributed by atoms with Crippen LogP contribution in [0.2, 0.25) is 0 Å². The predicted octanol–water partition coefficient (Wildman–Crippen LogP) is 4.68. The van der Waals surface area contributed by atoms with Gasteiger partial charge >= 0.3 is 0 Å². The van der Waals surface area contributed by atoms with Crippen LogP contribution in [-0.2, 0) is 16.0 Å². The Labute approximate surface area is 172 Å². The molecule has 0 fully saturated rings. The van der Waals surface area contributed by atoms with Gasteiger partial charge in [-0.05, 0) is 34.9 Å². The lowest BCUT2D eigenvalue weighted by atomic mass is 10.0. The van der Waals surface area contributed by atoms with Crippen LogP contribution in [0, 0.1) is 17.5 Å². The molecule has 0 atom stereocenters. The van der Waals surface area contributed by atoms with Gasteiger partial charge in [0.25, 0.3) is 0 Å². The van der Waals surface area contributed by atoms with Crippen LogP contribution < -0.4 is 5.32 Å². The van der Waals surface area contributed by atoms with Crippen LogP contribution in [-0.4, -0.2) is 29.8 Å². The van der Waals surface area contributed by atoms with E-state index in [0.29, 0.717) is 13.0 Å². The van der Waals surface area contributed by atoms with Crippen LogP contribution in [0.25, 0.3) is 10.8 Å². The van der Waals surface area contributed by atoms with Crippen molar-refractivity contribution in [3.63, 3.8) is 0 Å². The molecular weight excluding hydrogens is 393 g/mol. The third-order valence-corrected chi connectivity index (χ3v) is 4.71. The van der Waals surface area contributed by atoms with E-state index < -0.39 is 29.0 Å². The number of hydrogen-bond donors (Lipinski definition) is 1. The normalized spacial score (nSPS) is 10.8. The Morgan fingerprint density at radius 2 is 1.67 bits per heavy atom. The molecule has 30 heavy (non-hydrogen) atoms. The maximum atomic E-state index is 13.8. The van der Waals surface area contributed by atoms with Gasteiger partial charge in [-0.3, -0.25) is 9.59 Å². The van der Waals surface area contributed by atoms with E-state index in [1.807, 2.05) is 49.4 Å². The highest BCUT2D eigenvalue weighted by molar-refractivity contribution is 5.96. The van der Waals surface area contributed by atoms with E-state index in [9.17, 15) is 22.8 Å². The second kappa shape index (κ2) is 9.43. The Balaban J connectivity index is 1.72. The van der Waals surface area contributed by atoms with E-state index >= 15 is 0 Å². The summed E-state index contributed by atoms with van der Waals surface area (Å²) in [5, 5.41) is 4.17. The van der Waals surface area contributed by atoms with E-state index in [1.54, 1.807) is 0 Å². The second-order valence-corrected chi connectivity index (χ2v) is 6.90. The number of rotatable bonds is 7. The van der Waals surface area contributed by atoms with Gasteiger partial charge in [0, 0.05) is 6.54 Å². The molecule has 0 radical (unpaired) electrons. The van der Waals surface area contributed by atoms with Gasteiger partial charge in [-0.2, -0.15) is 0 Å². The minimum absolute atomic E-state index is 0.105. The van der Waals surface area contributed by atoms with E-state index in [-0.39, 0.29) is 18.9 Å². The number of anilines is 1. The molecule has 2 amide bonds. The fraction of sp³-hybridized carbons (Fsp3) is 0.217. The fourth-order valence-electron chi connectivity index (χ4n) is 3.27. The van der Waals surface area contributed by atoms with Crippen molar-refractivity contribution in [1.82, 2.24) is 4.90 Å². The second-order valence-electron chi connectivity index (χ2n) is 6.90. The van der Waals surface area contributed by atoms with Crippen LogP contribution in [0.4, 0.5) is 18.9 Å². The summed E-state index contributed by atoms with van der Waals surface area (Å²) in [7, 11) is 0. The molecule has 0 saturated carbocycles. The molecule has 0 heterocycles. The van der Waals surface area contributed by atoms with Crippen molar-refractivity contribution >= 4 is 28.3 Å². The highest BCUT2D eigenvalue weighted by Crippen LogP contribution is 2.21. The number of nitrogens with zero attached hydrogens (tertiary/aromatic N) is 1. The average molecular weight is 414 g/mol. The minimum Gasteiger partial charge on any atom is -0.333 e. The molecule has 0 aliphatic carbocycles. The van der Waals surface area contributed by atoms with E-state index in [2.05, 4.69) is 5.32 Å². The molecule has 0 unspecified atom stereocenters. The zero-order valence-corrected chi connectivity index (χ0v) is 16.4. The van der Waals surface area contributed by atoms with Gasteiger partial charge in [-0.1, -0.05) is 49.4 Å². The number of carbonyl (C=O) groups is 2. The lowest BCUT2D eigenvalue weighted by Crippen LogP contribution is -2.39. The summed E-state index contributed by atoms with van der Waals surface area (Å²) in [6, 6.07) is 15.0. The Kier molecular flexibility index (Phi) is 6.72. The maximum absolute atomic E-state index is 13.8. The van der Waals surface area contributed by atoms with Gasteiger partial charge in [-0.25, -0.2) is 13.2 Å². The molecule has 0 spiro atoms. The predicted molar refractivity (Wildman–Crippen MR) is 109 cm³/mol. The van der Waals surface area contributed by atoms with Gasteiger partial charge in [0.15, 0.2) is 17.5 Å². The quantitative estimate of drug-likeness (QED) is 0.571. The maximum Gasteiger partial charge on any atom is 0.244 e. The summed E-state index contributed by atoms with van der Waals surface area (Å²) in [5.41, 5.74) is 0.364. The zero-order chi connectivity index (χ0) is 21.7. The van der Waals surface area contributed by atoms with E-state index in [4.69, 9.17) is 0 Å². The number of fused-ring (bicyclic) bond motifs is 1. The highest BCUT2D eigenvalue weighted by atomic mass is 19.2. The Morgan fingerprint density at radius 3 is 2.43 bits per heavy atom. The molecule has 0 aliphatic heterocycles. The molecular formula is C23H21F3N2O2. The van der Waals surface area contributed by atoms with Gasteiger partial charge in [0.1, 0.15) is 0 Å². The molecule has 4 nitrogen and oxygen atoms in total. The third-order valence-electron chi connectivity index (χ3n) is 4.71. The van der Waals surface area contributed by atoms with Gasteiger partial charge < -0.3 is 10.2 Å².